The van der Waals surface area contributed by atoms with E-state index >= 15 is 0 Å². The second kappa shape index (κ2) is 9.16. The van der Waals surface area contributed by atoms with Crippen molar-refractivity contribution in [1.82, 2.24) is 9.80 Å². The van der Waals surface area contributed by atoms with Crippen LogP contribution in [0.4, 0.5) is 0 Å². The van der Waals surface area contributed by atoms with Crippen LogP contribution in [0.1, 0.15) is 50.4 Å². The van der Waals surface area contributed by atoms with Crippen molar-refractivity contribution in [1.29, 1.82) is 5.26 Å². The normalized spacial score (nSPS) is 18.8. The number of aliphatic hydroxyl groups is 2. The Bertz CT molecular complexity index is 991. The van der Waals surface area contributed by atoms with E-state index in [1.54, 1.807) is 30.3 Å². The fourth-order valence-electron chi connectivity index (χ4n) is 4.36. The number of fused-ring (bicyclic) bond motifs is 1. The van der Waals surface area contributed by atoms with E-state index in [0.29, 0.717) is 24.2 Å². The van der Waals surface area contributed by atoms with Gasteiger partial charge in [0.1, 0.15) is 6.61 Å². The number of β-amino-alcohol motifs (C(OH)–C–C–N with tert-alkyl or cyclic N) is 2. The Balaban J connectivity index is 1.29. The van der Waals surface area contributed by atoms with Crippen LogP contribution in [0, 0.1) is 18.3 Å². The molecule has 0 aromatic heterocycles. The topological polar surface area (TPSA) is 97.0 Å². The summed E-state index contributed by atoms with van der Waals surface area (Å²) in [4.78, 5) is 16.2. The second-order valence-corrected chi connectivity index (χ2v) is 8.25. The fourth-order valence-corrected chi connectivity index (χ4v) is 4.36. The summed E-state index contributed by atoms with van der Waals surface area (Å²) in [6.45, 7) is 6.52. The smallest absolute Gasteiger partial charge is 0.338 e. The summed E-state index contributed by atoms with van der Waals surface area (Å²) in [5, 5.41) is 30.2. The van der Waals surface area contributed by atoms with Gasteiger partial charge in [-0.1, -0.05) is 18.2 Å². The molecule has 0 radical (unpaired) electrons. The lowest BCUT2D eigenvalue weighted by Crippen LogP contribution is -2.48. The van der Waals surface area contributed by atoms with Crippen molar-refractivity contribution in [2.24, 2.45) is 0 Å². The highest BCUT2D eigenvalue weighted by Crippen LogP contribution is 2.29. The van der Waals surface area contributed by atoms with Gasteiger partial charge in [0.2, 0.25) is 0 Å². The third-order valence-corrected chi connectivity index (χ3v) is 6.32. The third-order valence-electron chi connectivity index (χ3n) is 6.32. The highest BCUT2D eigenvalue weighted by Gasteiger charge is 2.27. The van der Waals surface area contributed by atoms with Gasteiger partial charge in [0.15, 0.2) is 0 Å². The molecule has 2 aromatic carbocycles. The van der Waals surface area contributed by atoms with E-state index < -0.39 is 12.2 Å². The molecule has 2 aromatic rings. The molecule has 162 valence electrons. The van der Waals surface area contributed by atoms with Crippen LogP contribution < -0.4 is 0 Å². The molecule has 1 fully saturated rings. The lowest BCUT2D eigenvalue weighted by molar-refractivity contribution is 0.0480. The summed E-state index contributed by atoms with van der Waals surface area (Å²) in [6, 6.07) is 12.7. The van der Waals surface area contributed by atoms with Gasteiger partial charge in [0.25, 0.3) is 0 Å². The van der Waals surface area contributed by atoms with Crippen LogP contribution in [-0.2, 0) is 11.3 Å². The van der Waals surface area contributed by atoms with Gasteiger partial charge in [-0.05, 0) is 41.8 Å². The molecule has 7 nitrogen and oxygen atoms in total. The maximum Gasteiger partial charge on any atom is 0.338 e. The molecular weight excluding hydrogens is 394 g/mol. The number of hydrogen-bond donors (Lipinski definition) is 2. The first-order chi connectivity index (χ1) is 15.0. The number of carbonyl (C=O) groups excluding carboxylic acids is 1. The van der Waals surface area contributed by atoms with Gasteiger partial charge >= 0.3 is 5.97 Å². The van der Waals surface area contributed by atoms with Crippen molar-refractivity contribution in [3.63, 3.8) is 0 Å². The molecule has 2 aliphatic heterocycles. The fraction of sp³-hybridized carbons (Fsp3) is 0.417. The highest BCUT2D eigenvalue weighted by atomic mass is 16.5. The van der Waals surface area contributed by atoms with Crippen LogP contribution in [0.5, 0.6) is 0 Å². The van der Waals surface area contributed by atoms with Gasteiger partial charge < -0.3 is 14.9 Å². The van der Waals surface area contributed by atoms with Gasteiger partial charge in [0, 0.05) is 44.8 Å². The van der Waals surface area contributed by atoms with Gasteiger partial charge in [-0.25, -0.2) is 4.79 Å². The molecule has 2 N–H and O–H groups in total. The predicted octanol–water partition coefficient (Wildman–Crippen LogP) is 1.92. The molecule has 1 saturated heterocycles. The molecule has 2 unspecified atom stereocenters. The van der Waals surface area contributed by atoms with Crippen LogP contribution in [0.15, 0.2) is 36.4 Å². The van der Waals surface area contributed by atoms with Crippen LogP contribution >= 0.6 is 0 Å². The van der Waals surface area contributed by atoms with Gasteiger partial charge in [-0.3, -0.25) is 9.80 Å². The lowest BCUT2D eigenvalue weighted by Gasteiger charge is -2.36. The van der Waals surface area contributed by atoms with E-state index in [2.05, 4.69) is 15.9 Å². The summed E-state index contributed by atoms with van der Waals surface area (Å²) >= 11 is 0. The van der Waals surface area contributed by atoms with Crippen molar-refractivity contribution in [3.05, 3.63) is 69.8 Å². The molecule has 2 aliphatic rings. The van der Waals surface area contributed by atoms with Crippen LogP contribution in [0.2, 0.25) is 0 Å². The minimum absolute atomic E-state index is 0.279. The molecule has 0 aliphatic carbocycles. The molecule has 2 heterocycles. The quantitative estimate of drug-likeness (QED) is 0.688. The average molecular weight is 421 g/mol. The number of piperazine rings is 1. The van der Waals surface area contributed by atoms with E-state index in [4.69, 9.17) is 10.00 Å². The predicted molar refractivity (Wildman–Crippen MR) is 114 cm³/mol. The molecule has 7 heteroatoms. The van der Waals surface area contributed by atoms with Gasteiger partial charge in [-0.2, -0.15) is 5.26 Å². The number of nitriles is 1. The molecule has 0 spiro atoms. The molecule has 0 bridgehead atoms. The van der Waals surface area contributed by atoms with Gasteiger partial charge in [-0.15, -0.1) is 0 Å². The Morgan fingerprint density at radius 3 is 2.23 bits per heavy atom. The second-order valence-electron chi connectivity index (χ2n) is 8.25. The Labute approximate surface area is 182 Å². The van der Waals surface area contributed by atoms with Crippen LogP contribution in [-0.4, -0.2) is 65.3 Å². The number of ether oxygens (including phenoxy) is 1. The molecular formula is C24H27N3O4. The van der Waals surface area contributed by atoms with Crippen molar-refractivity contribution in [3.8, 4) is 6.07 Å². The van der Waals surface area contributed by atoms with E-state index in [1.807, 2.05) is 13.0 Å². The van der Waals surface area contributed by atoms with Crippen LogP contribution in [0.25, 0.3) is 0 Å². The summed E-state index contributed by atoms with van der Waals surface area (Å²) in [5.41, 5.74) is 4.65. The number of rotatable bonds is 6. The first-order valence-corrected chi connectivity index (χ1v) is 10.6. The zero-order chi connectivity index (χ0) is 22.0. The maximum absolute atomic E-state index is 11.7. The number of esters is 1. The van der Waals surface area contributed by atoms with Crippen molar-refractivity contribution in [2.75, 3.05) is 39.3 Å². The molecule has 4 rings (SSSR count). The Morgan fingerprint density at radius 2 is 1.61 bits per heavy atom. The zero-order valence-corrected chi connectivity index (χ0v) is 17.6. The van der Waals surface area contributed by atoms with E-state index in [-0.39, 0.29) is 12.6 Å². The Kier molecular flexibility index (Phi) is 6.35. The number of cyclic esters (lactones) is 1. The van der Waals surface area contributed by atoms with E-state index in [1.165, 1.54) is 0 Å². The largest absolute Gasteiger partial charge is 0.457 e. The molecule has 2 atom stereocenters. The van der Waals surface area contributed by atoms with Crippen molar-refractivity contribution >= 4 is 5.97 Å². The maximum atomic E-state index is 11.7. The molecule has 0 amide bonds. The Morgan fingerprint density at radius 1 is 1.00 bits per heavy atom. The molecule has 31 heavy (non-hydrogen) atoms. The highest BCUT2D eigenvalue weighted by molar-refractivity contribution is 5.93. The lowest BCUT2D eigenvalue weighted by atomic mass is 9.95. The first kappa shape index (κ1) is 21.5. The van der Waals surface area contributed by atoms with Crippen molar-refractivity contribution < 1.29 is 19.7 Å². The average Bonchev–Trinajstić information content (AvgIpc) is 3.17. The third kappa shape index (κ3) is 4.63. The summed E-state index contributed by atoms with van der Waals surface area (Å²) in [6.07, 6.45) is -1.22. The SMILES string of the molecule is Cc1c(C(O)CN2CCN(CC(O)c3ccc(C#N)cc3)CC2)ccc2c1COC2=O. The minimum atomic E-state index is -0.628. The summed E-state index contributed by atoms with van der Waals surface area (Å²) in [7, 11) is 0. The number of hydrogen-bond acceptors (Lipinski definition) is 7. The monoisotopic (exact) mass is 421 g/mol. The molecule has 0 saturated carbocycles. The van der Waals surface area contributed by atoms with Crippen molar-refractivity contribution in [2.45, 2.75) is 25.7 Å². The number of aliphatic hydroxyl groups excluding tert-OH is 2. The minimum Gasteiger partial charge on any atom is -0.457 e. The Hall–Kier alpha value is -2.76. The number of carbonyl (C=O) groups is 1. The van der Waals surface area contributed by atoms with E-state index in [0.717, 1.165) is 48.4 Å². The number of nitrogens with zero attached hydrogens (tertiary/aromatic N) is 3. The number of benzene rings is 2. The van der Waals surface area contributed by atoms with Crippen LogP contribution in [0.3, 0.4) is 0 Å². The summed E-state index contributed by atoms with van der Waals surface area (Å²) < 4.78 is 5.10. The van der Waals surface area contributed by atoms with E-state index in [9.17, 15) is 15.0 Å². The summed E-state index contributed by atoms with van der Waals surface area (Å²) in [5.74, 6) is -0.293. The van der Waals surface area contributed by atoms with Gasteiger partial charge in [0.05, 0.1) is 29.4 Å². The zero-order valence-electron chi connectivity index (χ0n) is 17.6. The first-order valence-electron chi connectivity index (χ1n) is 10.6. The standard InChI is InChI=1S/C24H27N3O4/c1-16-19(6-7-20-21(16)15-31-24(20)30)23(29)14-27-10-8-26(9-11-27)13-22(28)18-4-2-17(12-25)3-5-18/h2-7,22-23,28-29H,8-11,13-15H2,1H3.